The van der Waals surface area contributed by atoms with Crippen molar-refractivity contribution in [2.24, 2.45) is 5.92 Å². The van der Waals surface area contributed by atoms with E-state index in [-0.39, 0.29) is 11.8 Å². The van der Waals surface area contributed by atoms with Crippen LogP contribution in [-0.4, -0.2) is 34.9 Å². The van der Waals surface area contributed by atoms with E-state index in [1.165, 1.54) is 0 Å². The lowest BCUT2D eigenvalue weighted by Crippen LogP contribution is -2.44. The summed E-state index contributed by atoms with van der Waals surface area (Å²) in [6.07, 6.45) is 3.67. The SMILES string of the molecule is CCN(Cc1ccccn1)C(=O)[C@H]1CCN[C@@H](C)C1. The van der Waals surface area contributed by atoms with Crippen molar-refractivity contribution in [3.63, 3.8) is 0 Å². The molecule has 1 saturated heterocycles. The fraction of sp³-hybridized carbons (Fsp3) is 0.600. The molecule has 4 heteroatoms. The lowest BCUT2D eigenvalue weighted by molar-refractivity contribution is -0.137. The van der Waals surface area contributed by atoms with Gasteiger partial charge in [-0.05, 0) is 45.4 Å². The minimum atomic E-state index is 0.167. The second-order valence-electron chi connectivity index (χ2n) is 5.25. The molecule has 4 nitrogen and oxygen atoms in total. The molecule has 1 aromatic rings. The van der Waals surface area contributed by atoms with Crippen molar-refractivity contribution in [3.8, 4) is 0 Å². The third-order valence-corrected chi connectivity index (χ3v) is 3.75. The highest BCUT2D eigenvalue weighted by atomic mass is 16.2. The minimum absolute atomic E-state index is 0.167. The molecule has 2 heterocycles. The number of amides is 1. The number of nitrogens with one attached hydrogen (secondary N) is 1. The van der Waals surface area contributed by atoms with E-state index >= 15 is 0 Å². The first-order valence-electron chi connectivity index (χ1n) is 7.12. The maximum Gasteiger partial charge on any atom is 0.226 e. The van der Waals surface area contributed by atoms with Gasteiger partial charge < -0.3 is 10.2 Å². The summed E-state index contributed by atoms with van der Waals surface area (Å²) in [4.78, 5) is 18.8. The Morgan fingerprint density at radius 2 is 2.37 bits per heavy atom. The molecule has 1 N–H and O–H groups in total. The molecule has 1 aliphatic rings. The molecule has 19 heavy (non-hydrogen) atoms. The number of hydrogen-bond donors (Lipinski definition) is 1. The first-order valence-corrected chi connectivity index (χ1v) is 7.12. The van der Waals surface area contributed by atoms with Gasteiger partial charge >= 0.3 is 0 Å². The van der Waals surface area contributed by atoms with Crippen LogP contribution in [0.15, 0.2) is 24.4 Å². The third kappa shape index (κ3) is 3.77. The van der Waals surface area contributed by atoms with Crippen molar-refractivity contribution < 1.29 is 4.79 Å². The lowest BCUT2D eigenvalue weighted by Gasteiger charge is -2.31. The zero-order valence-electron chi connectivity index (χ0n) is 11.8. The second-order valence-corrected chi connectivity index (χ2v) is 5.25. The topological polar surface area (TPSA) is 45.2 Å². The Morgan fingerprint density at radius 3 is 3.00 bits per heavy atom. The zero-order chi connectivity index (χ0) is 13.7. The van der Waals surface area contributed by atoms with Crippen molar-refractivity contribution in [2.45, 2.75) is 39.3 Å². The molecule has 0 spiro atoms. The van der Waals surface area contributed by atoms with Gasteiger partial charge in [0.05, 0.1) is 12.2 Å². The van der Waals surface area contributed by atoms with Crippen molar-refractivity contribution >= 4 is 5.91 Å². The molecule has 0 bridgehead atoms. The van der Waals surface area contributed by atoms with Crippen LogP contribution in [0.2, 0.25) is 0 Å². The quantitative estimate of drug-likeness (QED) is 0.899. The predicted octanol–water partition coefficient (Wildman–Crippen LogP) is 1.82. The first kappa shape index (κ1) is 14.0. The van der Waals surface area contributed by atoms with E-state index in [0.717, 1.165) is 31.6 Å². The van der Waals surface area contributed by atoms with E-state index in [9.17, 15) is 4.79 Å². The second kappa shape index (κ2) is 6.66. The molecule has 1 aromatic heterocycles. The van der Waals surface area contributed by atoms with E-state index in [4.69, 9.17) is 0 Å². The smallest absolute Gasteiger partial charge is 0.226 e. The Labute approximate surface area is 115 Å². The van der Waals surface area contributed by atoms with Gasteiger partial charge in [0.15, 0.2) is 0 Å². The van der Waals surface area contributed by atoms with Crippen LogP contribution >= 0.6 is 0 Å². The van der Waals surface area contributed by atoms with E-state index in [2.05, 4.69) is 17.2 Å². The number of piperidine rings is 1. The number of carbonyl (C=O) groups is 1. The Hall–Kier alpha value is -1.42. The summed E-state index contributed by atoms with van der Waals surface area (Å²) in [5.74, 6) is 0.446. The van der Waals surface area contributed by atoms with Crippen LogP contribution in [0.3, 0.4) is 0 Å². The number of aromatic nitrogens is 1. The van der Waals surface area contributed by atoms with Crippen LogP contribution in [-0.2, 0) is 11.3 Å². The highest BCUT2D eigenvalue weighted by Crippen LogP contribution is 2.19. The molecule has 0 unspecified atom stereocenters. The van der Waals surface area contributed by atoms with E-state index < -0.39 is 0 Å². The summed E-state index contributed by atoms with van der Waals surface area (Å²) < 4.78 is 0. The predicted molar refractivity (Wildman–Crippen MR) is 75.5 cm³/mol. The summed E-state index contributed by atoms with van der Waals surface area (Å²) in [6, 6.07) is 6.28. The molecular formula is C15H23N3O. The lowest BCUT2D eigenvalue weighted by atomic mass is 9.92. The van der Waals surface area contributed by atoms with Crippen LogP contribution in [0, 0.1) is 5.92 Å². The van der Waals surface area contributed by atoms with Gasteiger partial charge in [-0.25, -0.2) is 0 Å². The number of hydrogen-bond acceptors (Lipinski definition) is 3. The van der Waals surface area contributed by atoms with Crippen LogP contribution in [0.5, 0.6) is 0 Å². The molecule has 0 aromatic carbocycles. The summed E-state index contributed by atoms with van der Waals surface area (Å²) in [6.45, 7) is 6.49. The number of nitrogens with zero attached hydrogens (tertiary/aromatic N) is 2. The van der Waals surface area contributed by atoms with Gasteiger partial charge in [-0.15, -0.1) is 0 Å². The van der Waals surface area contributed by atoms with Crippen LogP contribution in [0.1, 0.15) is 32.4 Å². The van der Waals surface area contributed by atoms with Gasteiger partial charge in [0.1, 0.15) is 0 Å². The Morgan fingerprint density at radius 1 is 1.53 bits per heavy atom. The Balaban J connectivity index is 1.98. The standard InChI is InChI=1S/C15H23N3O/c1-3-18(11-14-6-4-5-8-17-14)15(19)13-7-9-16-12(2)10-13/h4-6,8,12-13,16H,3,7,9-11H2,1-2H3/t12-,13-/m0/s1. The Bertz CT molecular complexity index is 407. The van der Waals surface area contributed by atoms with E-state index in [1.807, 2.05) is 30.0 Å². The molecular weight excluding hydrogens is 238 g/mol. The molecule has 1 fully saturated rings. The van der Waals surface area contributed by atoms with Crippen LogP contribution in [0.4, 0.5) is 0 Å². The highest BCUT2D eigenvalue weighted by molar-refractivity contribution is 5.79. The fourth-order valence-electron chi connectivity index (χ4n) is 2.65. The van der Waals surface area contributed by atoms with E-state index in [0.29, 0.717) is 12.6 Å². The number of pyridine rings is 1. The molecule has 2 rings (SSSR count). The minimum Gasteiger partial charge on any atom is -0.337 e. The molecule has 1 amide bonds. The monoisotopic (exact) mass is 261 g/mol. The number of rotatable bonds is 4. The van der Waals surface area contributed by atoms with Crippen molar-refractivity contribution in [2.75, 3.05) is 13.1 Å². The largest absolute Gasteiger partial charge is 0.337 e. The van der Waals surface area contributed by atoms with Crippen molar-refractivity contribution in [3.05, 3.63) is 30.1 Å². The zero-order valence-corrected chi connectivity index (χ0v) is 11.8. The molecule has 2 atom stereocenters. The van der Waals surface area contributed by atoms with E-state index in [1.54, 1.807) is 6.20 Å². The summed E-state index contributed by atoms with van der Waals surface area (Å²) >= 11 is 0. The van der Waals surface area contributed by atoms with Gasteiger partial charge in [0.25, 0.3) is 0 Å². The van der Waals surface area contributed by atoms with Crippen molar-refractivity contribution in [1.82, 2.24) is 15.2 Å². The average Bonchev–Trinajstić information content (AvgIpc) is 2.45. The third-order valence-electron chi connectivity index (χ3n) is 3.75. The molecule has 104 valence electrons. The van der Waals surface area contributed by atoms with Gasteiger partial charge in [-0.3, -0.25) is 9.78 Å². The molecule has 1 aliphatic heterocycles. The van der Waals surface area contributed by atoms with Gasteiger partial charge in [-0.2, -0.15) is 0 Å². The van der Waals surface area contributed by atoms with Gasteiger partial charge in [0.2, 0.25) is 5.91 Å². The number of carbonyl (C=O) groups excluding carboxylic acids is 1. The normalized spacial score (nSPS) is 23.1. The summed E-state index contributed by atoms with van der Waals surface area (Å²) in [7, 11) is 0. The summed E-state index contributed by atoms with van der Waals surface area (Å²) in [5.41, 5.74) is 0.958. The molecule has 0 radical (unpaired) electrons. The van der Waals surface area contributed by atoms with Gasteiger partial charge in [-0.1, -0.05) is 6.07 Å². The Kier molecular flexibility index (Phi) is 4.91. The van der Waals surface area contributed by atoms with Crippen LogP contribution in [0.25, 0.3) is 0 Å². The fourth-order valence-corrected chi connectivity index (χ4v) is 2.65. The molecule has 0 aliphatic carbocycles. The average molecular weight is 261 g/mol. The molecule has 0 saturated carbocycles. The van der Waals surface area contributed by atoms with Gasteiger partial charge in [0, 0.05) is 24.7 Å². The highest BCUT2D eigenvalue weighted by Gasteiger charge is 2.27. The van der Waals surface area contributed by atoms with Crippen LogP contribution < -0.4 is 5.32 Å². The first-order chi connectivity index (χ1) is 9.20. The maximum absolute atomic E-state index is 12.5. The maximum atomic E-state index is 12.5. The van der Waals surface area contributed by atoms with Crippen molar-refractivity contribution in [1.29, 1.82) is 0 Å². The summed E-state index contributed by atoms with van der Waals surface area (Å²) in [5, 5.41) is 3.39.